The molecule has 0 unspecified atom stereocenters. The van der Waals surface area contributed by atoms with E-state index in [4.69, 9.17) is 5.73 Å². The predicted molar refractivity (Wildman–Crippen MR) is 44.7 cm³/mol. The van der Waals surface area contributed by atoms with Gasteiger partial charge in [-0.3, -0.25) is 4.79 Å². The van der Waals surface area contributed by atoms with Crippen molar-refractivity contribution in [3.8, 4) is 0 Å². The summed E-state index contributed by atoms with van der Waals surface area (Å²) in [6.45, 7) is 1.41. The van der Waals surface area contributed by atoms with Crippen molar-refractivity contribution < 1.29 is 18.0 Å². The summed E-state index contributed by atoms with van der Waals surface area (Å²) >= 11 is 0. The molecule has 0 bridgehead atoms. The lowest BCUT2D eigenvalue weighted by Gasteiger charge is -2.12. The number of halogens is 3. The second-order valence-electron chi connectivity index (χ2n) is 2.86. The Balaban J connectivity index is 3.44. The van der Waals surface area contributed by atoms with Gasteiger partial charge in [-0.1, -0.05) is 12.1 Å². The molecule has 0 aliphatic carbocycles. The minimum absolute atomic E-state index is 0.229. The van der Waals surface area contributed by atoms with E-state index in [0.29, 0.717) is 0 Å². The summed E-state index contributed by atoms with van der Waals surface area (Å²) in [5.41, 5.74) is 3.66. The summed E-state index contributed by atoms with van der Waals surface area (Å²) in [7, 11) is 0. The SMILES string of the molecule is Cc1cccc(C(F)(F)F)c1C(N)=O. The number of carbonyl (C=O) groups is 1. The predicted octanol–water partition coefficient (Wildman–Crippen LogP) is 2.11. The van der Waals surface area contributed by atoms with Gasteiger partial charge in [0.1, 0.15) is 0 Å². The summed E-state index contributed by atoms with van der Waals surface area (Å²) in [5, 5.41) is 0. The molecule has 0 aliphatic rings. The number of rotatable bonds is 1. The van der Waals surface area contributed by atoms with E-state index in [1.807, 2.05) is 0 Å². The summed E-state index contributed by atoms with van der Waals surface area (Å²) in [5.74, 6) is -1.06. The molecule has 0 radical (unpaired) electrons. The molecular formula is C9H8F3NO. The first kappa shape index (κ1) is 10.6. The molecule has 76 valence electrons. The van der Waals surface area contributed by atoms with Gasteiger partial charge in [0.05, 0.1) is 11.1 Å². The number of alkyl halides is 3. The minimum atomic E-state index is -4.55. The maximum Gasteiger partial charge on any atom is 0.417 e. The molecule has 1 rings (SSSR count). The highest BCUT2D eigenvalue weighted by Gasteiger charge is 2.35. The van der Waals surface area contributed by atoms with Crippen LogP contribution in [-0.4, -0.2) is 5.91 Å². The third-order valence-corrected chi connectivity index (χ3v) is 1.82. The zero-order valence-electron chi connectivity index (χ0n) is 7.35. The van der Waals surface area contributed by atoms with Crippen LogP contribution in [0.5, 0.6) is 0 Å². The zero-order valence-corrected chi connectivity index (χ0v) is 7.35. The zero-order chi connectivity index (χ0) is 10.9. The molecule has 1 aromatic rings. The van der Waals surface area contributed by atoms with Crippen LogP contribution in [0.25, 0.3) is 0 Å². The number of aryl methyl sites for hydroxylation is 1. The van der Waals surface area contributed by atoms with Crippen LogP contribution in [0.15, 0.2) is 18.2 Å². The Labute approximate surface area is 78.5 Å². The van der Waals surface area contributed by atoms with E-state index in [0.717, 1.165) is 6.07 Å². The largest absolute Gasteiger partial charge is 0.417 e. The van der Waals surface area contributed by atoms with Gasteiger partial charge in [-0.25, -0.2) is 0 Å². The van der Waals surface area contributed by atoms with Crippen molar-refractivity contribution in [2.24, 2.45) is 5.73 Å². The minimum Gasteiger partial charge on any atom is -0.366 e. The molecule has 1 amide bonds. The monoisotopic (exact) mass is 203 g/mol. The maximum absolute atomic E-state index is 12.4. The van der Waals surface area contributed by atoms with Crippen LogP contribution in [0.1, 0.15) is 21.5 Å². The van der Waals surface area contributed by atoms with Crippen LogP contribution in [-0.2, 0) is 6.18 Å². The van der Waals surface area contributed by atoms with E-state index >= 15 is 0 Å². The van der Waals surface area contributed by atoms with Crippen LogP contribution in [0.2, 0.25) is 0 Å². The van der Waals surface area contributed by atoms with E-state index < -0.39 is 23.2 Å². The molecule has 0 saturated heterocycles. The Bertz CT molecular complexity index is 371. The first-order valence-corrected chi connectivity index (χ1v) is 3.80. The van der Waals surface area contributed by atoms with Crippen LogP contribution in [0, 0.1) is 6.92 Å². The first-order valence-electron chi connectivity index (χ1n) is 3.80. The third kappa shape index (κ3) is 1.86. The van der Waals surface area contributed by atoms with E-state index in [-0.39, 0.29) is 5.56 Å². The van der Waals surface area contributed by atoms with E-state index in [1.54, 1.807) is 0 Å². The molecule has 0 spiro atoms. The molecular weight excluding hydrogens is 195 g/mol. The van der Waals surface area contributed by atoms with Crippen molar-refractivity contribution in [3.63, 3.8) is 0 Å². The number of carbonyl (C=O) groups excluding carboxylic acids is 1. The summed E-state index contributed by atoms with van der Waals surface area (Å²) < 4.78 is 37.1. The molecule has 0 saturated carbocycles. The van der Waals surface area contributed by atoms with Crippen LogP contribution >= 0.6 is 0 Å². The Kier molecular flexibility index (Phi) is 2.51. The van der Waals surface area contributed by atoms with Gasteiger partial charge >= 0.3 is 6.18 Å². The number of hydrogen-bond acceptors (Lipinski definition) is 1. The standard InChI is InChI=1S/C9H8F3NO/c1-5-3-2-4-6(9(10,11)12)7(5)8(13)14/h2-4H,1H3,(H2,13,14). The van der Waals surface area contributed by atoms with Crippen LogP contribution in [0.3, 0.4) is 0 Å². The summed E-state index contributed by atoms with van der Waals surface area (Å²) in [6, 6.07) is 3.49. The molecule has 0 aliphatic heterocycles. The van der Waals surface area contributed by atoms with Crippen molar-refractivity contribution in [1.29, 1.82) is 0 Å². The molecule has 2 N–H and O–H groups in total. The lowest BCUT2D eigenvalue weighted by atomic mass is 10.0. The van der Waals surface area contributed by atoms with E-state index in [1.165, 1.54) is 19.1 Å². The van der Waals surface area contributed by atoms with Crippen molar-refractivity contribution in [1.82, 2.24) is 0 Å². The van der Waals surface area contributed by atoms with E-state index in [2.05, 4.69) is 0 Å². The fourth-order valence-electron chi connectivity index (χ4n) is 1.23. The van der Waals surface area contributed by atoms with Crippen molar-refractivity contribution in [2.75, 3.05) is 0 Å². The first-order chi connectivity index (χ1) is 6.34. The smallest absolute Gasteiger partial charge is 0.366 e. The second kappa shape index (κ2) is 3.32. The highest BCUT2D eigenvalue weighted by atomic mass is 19.4. The molecule has 0 fully saturated rings. The number of primary amides is 1. The van der Waals surface area contributed by atoms with Crippen molar-refractivity contribution in [3.05, 3.63) is 34.9 Å². The molecule has 14 heavy (non-hydrogen) atoms. The number of nitrogens with two attached hydrogens (primary N) is 1. The topological polar surface area (TPSA) is 43.1 Å². The quantitative estimate of drug-likeness (QED) is 0.746. The van der Waals surface area contributed by atoms with Gasteiger partial charge in [0.2, 0.25) is 5.91 Å². The second-order valence-corrected chi connectivity index (χ2v) is 2.86. The lowest BCUT2D eigenvalue weighted by molar-refractivity contribution is -0.137. The maximum atomic E-state index is 12.4. The van der Waals surface area contributed by atoms with Gasteiger partial charge in [-0.2, -0.15) is 13.2 Å². The van der Waals surface area contributed by atoms with E-state index in [9.17, 15) is 18.0 Å². The fraction of sp³-hybridized carbons (Fsp3) is 0.222. The Morgan fingerprint density at radius 1 is 1.36 bits per heavy atom. The van der Waals surface area contributed by atoms with Gasteiger partial charge in [-0.05, 0) is 18.6 Å². The molecule has 0 atom stereocenters. The van der Waals surface area contributed by atoms with Crippen LogP contribution in [0.4, 0.5) is 13.2 Å². The van der Waals surface area contributed by atoms with Gasteiger partial charge in [0.25, 0.3) is 0 Å². The van der Waals surface area contributed by atoms with Crippen molar-refractivity contribution in [2.45, 2.75) is 13.1 Å². The fourth-order valence-corrected chi connectivity index (χ4v) is 1.23. The Hall–Kier alpha value is -1.52. The van der Waals surface area contributed by atoms with Gasteiger partial charge in [0.15, 0.2) is 0 Å². The Morgan fingerprint density at radius 3 is 2.29 bits per heavy atom. The van der Waals surface area contributed by atoms with Crippen molar-refractivity contribution >= 4 is 5.91 Å². The number of benzene rings is 1. The Morgan fingerprint density at radius 2 is 1.93 bits per heavy atom. The van der Waals surface area contributed by atoms with Gasteiger partial charge < -0.3 is 5.73 Å². The normalized spacial score (nSPS) is 11.4. The summed E-state index contributed by atoms with van der Waals surface area (Å²) in [4.78, 5) is 10.8. The highest BCUT2D eigenvalue weighted by Crippen LogP contribution is 2.32. The molecule has 2 nitrogen and oxygen atoms in total. The highest BCUT2D eigenvalue weighted by molar-refractivity contribution is 5.96. The number of hydrogen-bond donors (Lipinski definition) is 1. The van der Waals surface area contributed by atoms with Crippen LogP contribution < -0.4 is 5.73 Å². The average Bonchev–Trinajstić information content (AvgIpc) is 2.01. The molecule has 0 heterocycles. The average molecular weight is 203 g/mol. The van der Waals surface area contributed by atoms with Gasteiger partial charge in [0, 0.05) is 0 Å². The summed E-state index contributed by atoms with van der Waals surface area (Å²) in [6.07, 6.45) is -4.55. The molecule has 0 aromatic heterocycles. The number of amides is 1. The van der Waals surface area contributed by atoms with Gasteiger partial charge in [-0.15, -0.1) is 0 Å². The molecule has 5 heteroatoms. The lowest BCUT2D eigenvalue weighted by Crippen LogP contribution is -2.20. The molecule has 1 aromatic carbocycles. The third-order valence-electron chi connectivity index (χ3n) is 1.82.